The smallest absolute Gasteiger partial charge is 0.133 e. The van der Waals surface area contributed by atoms with Gasteiger partial charge in [0.05, 0.1) is 0 Å². The van der Waals surface area contributed by atoms with Crippen LogP contribution in [0.25, 0.3) is 0 Å². The first-order valence-electron chi connectivity index (χ1n) is 7.12. The molecule has 3 rings (SSSR count). The third kappa shape index (κ3) is 3.37. The number of aromatic nitrogens is 2. The minimum atomic E-state index is 0.730. The van der Waals surface area contributed by atoms with E-state index in [1.54, 1.807) is 0 Å². The Morgan fingerprint density at radius 3 is 2.95 bits per heavy atom. The van der Waals surface area contributed by atoms with Crippen LogP contribution in [-0.2, 0) is 12.8 Å². The van der Waals surface area contributed by atoms with E-state index in [1.807, 2.05) is 6.92 Å². The average molecular weight is 295 g/mol. The summed E-state index contributed by atoms with van der Waals surface area (Å²) in [6.07, 6.45) is 4.83. The number of nitrogens with zero attached hydrogens (tertiary/aromatic N) is 2. The van der Waals surface area contributed by atoms with Crippen LogP contribution in [0.2, 0.25) is 0 Å². The Balaban J connectivity index is 1.70. The molecule has 1 unspecified atom stereocenters. The summed E-state index contributed by atoms with van der Waals surface area (Å²) >= 11 is 4.17. The summed E-state index contributed by atoms with van der Waals surface area (Å²) in [6.45, 7) is 3.05. The maximum Gasteiger partial charge on any atom is 0.133 e. The predicted molar refractivity (Wildman–Crippen MR) is 85.5 cm³/mol. The highest BCUT2D eigenvalue weighted by Gasteiger charge is 2.19. The second-order valence-corrected chi connectivity index (χ2v) is 7.76. The molecule has 1 aromatic heterocycles. The minimum Gasteiger partial charge on any atom is -0.369 e. The molecule has 0 bridgehead atoms. The second-order valence-electron chi connectivity index (χ2n) is 5.20. The molecule has 5 heteroatoms. The predicted octanol–water partition coefficient (Wildman–Crippen LogP) is 2.92. The molecule has 3 nitrogen and oxygen atoms in total. The summed E-state index contributed by atoms with van der Waals surface area (Å²) in [5.41, 5.74) is 2.66. The average Bonchev–Trinajstić information content (AvgIpc) is 2.45. The lowest BCUT2D eigenvalue weighted by Gasteiger charge is -2.23. The molecule has 0 spiro atoms. The van der Waals surface area contributed by atoms with E-state index in [2.05, 4.69) is 38.8 Å². The SMILES string of the molecule is Cc1nc2c(c(NCC3CSCCS3)n1)CCCC2. The summed E-state index contributed by atoms with van der Waals surface area (Å²) < 4.78 is 0. The van der Waals surface area contributed by atoms with E-state index in [0.717, 1.165) is 36.3 Å². The van der Waals surface area contributed by atoms with Crippen LogP contribution in [0.15, 0.2) is 0 Å². The van der Waals surface area contributed by atoms with Crippen LogP contribution in [0.4, 0.5) is 5.82 Å². The molecule has 1 fully saturated rings. The van der Waals surface area contributed by atoms with Crippen LogP contribution >= 0.6 is 23.5 Å². The van der Waals surface area contributed by atoms with Crippen molar-refractivity contribution in [2.75, 3.05) is 29.1 Å². The highest BCUT2D eigenvalue weighted by molar-refractivity contribution is 8.06. The standard InChI is InChI=1S/C14H21N3S2/c1-10-16-13-5-3-2-4-12(13)14(17-10)15-8-11-9-18-6-7-19-11/h11H,2-9H2,1H3,(H,15,16,17). The fraction of sp³-hybridized carbons (Fsp3) is 0.714. The zero-order valence-electron chi connectivity index (χ0n) is 11.4. The van der Waals surface area contributed by atoms with Crippen LogP contribution in [-0.4, -0.2) is 39.0 Å². The van der Waals surface area contributed by atoms with Crippen LogP contribution in [0, 0.1) is 6.92 Å². The molecule has 0 aromatic carbocycles. The number of thioether (sulfide) groups is 2. The zero-order valence-corrected chi connectivity index (χ0v) is 13.1. The maximum atomic E-state index is 4.63. The Labute approximate surface area is 123 Å². The molecule has 1 aromatic rings. The van der Waals surface area contributed by atoms with Crippen molar-refractivity contribution >= 4 is 29.3 Å². The van der Waals surface area contributed by atoms with Crippen LogP contribution in [0.1, 0.15) is 29.9 Å². The first kappa shape index (κ1) is 13.6. The molecule has 1 aliphatic carbocycles. The quantitative estimate of drug-likeness (QED) is 0.928. The zero-order chi connectivity index (χ0) is 13.1. The van der Waals surface area contributed by atoms with E-state index in [4.69, 9.17) is 0 Å². The maximum absolute atomic E-state index is 4.63. The van der Waals surface area contributed by atoms with Gasteiger partial charge in [-0.05, 0) is 32.6 Å². The van der Waals surface area contributed by atoms with E-state index in [0.29, 0.717) is 0 Å². The third-order valence-corrected chi connectivity index (χ3v) is 6.52. The first-order chi connectivity index (χ1) is 9.33. The molecule has 1 atom stereocenters. The van der Waals surface area contributed by atoms with E-state index < -0.39 is 0 Å². The van der Waals surface area contributed by atoms with Gasteiger partial charge in [-0.3, -0.25) is 0 Å². The summed E-state index contributed by atoms with van der Waals surface area (Å²) in [6, 6.07) is 0. The largest absolute Gasteiger partial charge is 0.369 e. The summed E-state index contributed by atoms with van der Waals surface area (Å²) in [5.74, 6) is 5.89. The molecule has 104 valence electrons. The number of hydrogen-bond donors (Lipinski definition) is 1. The Morgan fingerprint density at radius 1 is 1.21 bits per heavy atom. The van der Waals surface area contributed by atoms with Crippen LogP contribution < -0.4 is 5.32 Å². The Bertz CT molecular complexity index is 445. The monoisotopic (exact) mass is 295 g/mol. The third-order valence-electron chi connectivity index (χ3n) is 3.68. The minimum absolute atomic E-state index is 0.730. The van der Waals surface area contributed by atoms with E-state index in [1.165, 1.54) is 41.4 Å². The van der Waals surface area contributed by atoms with Gasteiger partial charge in [-0.25, -0.2) is 9.97 Å². The fourth-order valence-corrected chi connectivity index (χ4v) is 5.34. The molecule has 1 aliphatic heterocycles. The van der Waals surface area contributed by atoms with E-state index >= 15 is 0 Å². The number of aryl methyl sites for hydroxylation is 2. The van der Waals surface area contributed by atoms with E-state index in [-0.39, 0.29) is 0 Å². The Hall–Kier alpha value is -0.420. The summed E-state index contributed by atoms with van der Waals surface area (Å²) in [4.78, 5) is 9.24. The van der Waals surface area contributed by atoms with Crippen molar-refractivity contribution in [1.29, 1.82) is 0 Å². The number of fused-ring (bicyclic) bond motifs is 1. The van der Waals surface area contributed by atoms with Gasteiger partial charge in [0.15, 0.2) is 0 Å². The molecule has 19 heavy (non-hydrogen) atoms. The molecule has 0 saturated carbocycles. The van der Waals surface area contributed by atoms with Gasteiger partial charge in [0, 0.05) is 40.3 Å². The molecular formula is C14H21N3S2. The molecule has 2 aliphatic rings. The highest BCUT2D eigenvalue weighted by Crippen LogP contribution is 2.27. The van der Waals surface area contributed by atoms with Gasteiger partial charge in [0.2, 0.25) is 0 Å². The van der Waals surface area contributed by atoms with Crippen molar-refractivity contribution in [3.63, 3.8) is 0 Å². The molecule has 1 N–H and O–H groups in total. The van der Waals surface area contributed by atoms with Gasteiger partial charge in [0.25, 0.3) is 0 Å². The number of rotatable bonds is 3. The van der Waals surface area contributed by atoms with Gasteiger partial charge >= 0.3 is 0 Å². The van der Waals surface area contributed by atoms with Crippen molar-refractivity contribution in [2.24, 2.45) is 0 Å². The number of anilines is 1. The van der Waals surface area contributed by atoms with Gasteiger partial charge < -0.3 is 5.32 Å². The first-order valence-corrected chi connectivity index (χ1v) is 9.33. The van der Waals surface area contributed by atoms with Gasteiger partial charge in [0.1, 0.15) is 11.6 Å². The number of nitrogens with one attached hydrogen (secondary N) is 1. The van der Waals surface area contributed by atoms with Crippen molar-refractivity contribution in [1.82, 2.24) is 9.97 Å². The lowest BCUT2D eigenvalue weighted by Crippen LogP contribution is -2.25. The van der Waals surface area contributed by atoms with Crippen molar-refractivity contribution < 1.29 is 0 Å². The Kier molecular flexibility index (Phi) is 4.53. The topological polar surface area (TPSA) is 37.8 Å². The van der Waals surface area contributed by atoms with Crippen molar-refractivity contribution in [3.05, 3.63) is 17.1 Å². The lowest BCUT2D eigenvalue weighted by atomic mass is 9.96. The summed E-state index contributed by atoms with van der Waals surface area (Å²) in [5, 5.41) is 4.33. The van der Waals surface area contributed by atoms with Crippen LogP contribution in [0.3, 0.4) is 0 Å². The van der Waals surface area contributed by atoms with Gasteiger partial charge in [-0.2, -0.15) is 23.5 Å². The summed E-state index contributed by atoms with van der Waals surface area (Å²) in [7, 11) is 0. The molecule has 1 saturated heterocycles. The molecule has 0 amide bonds. The second kappa shape index (κ2) is 6.35. The molecular weight excluding hydrogens is 274 g/mol. The normalized spacial score (nSPS) is 22.9. The van der Waals surface area contributed by atoms with Crippen molar-refractivity contribution in [3.8, 4) is 0 Å². The fourth-order valence-electron chi connectivity index (χ4n) is 2.73. The number of hydrogen-bond acceptors (Lipinski definition) is 5. The lowest BCUT2D eigenvalue weighted by molar-refractivity contribution is 0.659. The highest BCUT2D eigenvalue weighted by atomic mass is 32.2. The van der Waals surface area contributed by atoms with Crippen LogP contribution in [0.5, 0.6) is 0 Å². The molecule has 2 heterocycles. The Morgan fingerprint density at radius 2 is 2.11 bits per heavy atom. The van der Waals surface area contributed by atoms with Gasteiger partial charge in [-0.1, -0.05) is 0 Å². The molecule has 0 radical (unpaired) electrons. The van der Waals surface area contributed by atoms with Gasteiger partial charge in [-0.15, -0.1) is 0 Å². The van der Waals surface area contributed by atoms with Crippen molar-refractivity contribution in [2.45, 2.75) is 37.9 Å². The van der Waals surface area contributed by atoms with E-state index in [9.17, 15) is 0 Å².